The maximum Gasteiger partial charge on any atom is 0.221 e. The van der Waals surface area contributed by atoms with Gasteiger partial charge in [0.2, 0.25) is 5.91 Å². The van der Waals surface area contributed by atoms with Gasteiger partial charge in [-0.15, -0.1) is 0 Å². The summed E-state index contributed by atoms with van der Waals surface area (Å²) in [5.74, 6) is -1.97. The van der Waals surface area contributed by atoms with Crippen molar-refractivity contribution in [1.82, 2.24) is 0 Å². The van der Waals surface area contributed by atoms with Crippen molar-refractivity contribution >= 4 is 15.7 Å². The zero-order chi connectivity index (χ0) is 13.1. The summed E-state index contributed by atoms with van der Waals surface area (Å²) in [6, 6.07) is 3.21. The molecular formula is C10H12FNO4S. The second-order valence-corrected chi connectivity index (χ2v) is 5.55. The Labute approximate surface area is 98.0 Å². The van der Waals surface area contributed by atoms with Gasteiger partial charge in [0.25, 0.3) is 0 Å². The van der Waals surface area contributed by atoms with Crippen molar-refractivity contribution in [2.75, 3.05) is 12.4 Å². The highest BCUT2D eigenvalue weighted by atomic mass is 32.2. The molecule has 1 aromatic rings. The van der Waals surface area contributed by atoms with Gasteiger partial charge in [-0.25, -0.2) is 12.8 Å². The summed E-state index contributed by atoms with van der Waals surface area (Å²) in [7, 11) is -3.68. The third kappa shape index (κ3) is 3.50. The molecule has 0 aliphatic heterocycles. The maximum absolute atomic E-state index is 13.4. The average Bonchev–Trinajstić information content (AvgIpc) is 2.20. The zero-order valence-electron chi connectivity index (χ0n) is 8.89. The second-order valence-electron chi connectivity index (χ2n) is 3.44. The molecule has 0 fully saturated rings. The maximum atomic E-state index is 13.4. The lowest BCUT2D eigenvalue weighted by Gasteiger charge is -2.05. The lowest BCUT2D eigenvalue weighted by atomic mass is 10.1. The van der Waals surface area contributed by atoms with E-state index in [0.717, 1.165) is 6.07 Å². The number of hydrogen-bond acceptors (Lipinski definition) is 4. The van der Waals surface area contributed by atoms with E-state index in [1.54, 1.807) is 0 Å². The van der Waals surface area contributed by atoms with Crippen LogP contribution in [-0.4, -0.2) is 31.8 Å². The number of aliphatic hydroxyl groups excluding tert-OH is 1. The Balaban J connectivity index is 3.08. The van der Waals surface area contributed by atoms with E-state index in [0.29, 0.717) is 0 Å². The van der Waals surface area contributed by atoms with Crippen molar-refractivity contribution in [3.63, 3.8) is 0 Å². The third-order valence-electron chi connectivity index (χ3n) is 2.11. The van der Waals surface area contributed by atoms with E-state index in [1.165, 1.54) is 12.1 Å². The minimum Gasteiger partial charge on any atom is -0.395 e. The van der Waals surface area contributed by atoms with Crippen molar-refractivity contribution < 1.29 is 22.7 Å². The topological polar surface area (TPSA) is 97.5 Å². The summed E-state index contributed by atoms with van der Waals surface area (Å²) in [6.45, 7) is -0.535. The van der Waals surface area contributed by atoms with Crippen molar-refractivity contribution in [1.29, 1.82) is 0 Å². The summed E-state index contributed by atoms with van der Waals surface area (Å²) < 4.78 is 36.4. The quantitative estimate of drug-likeness (QED) is 0.755. The van der Waals surface area contributed by atoms with Crippen LogP contribution >= 0.6 is 0 Å². The molecule has 3 N–H and O–H groups in total. The molecule has 0 radical (unpaired) electrons. The molecule has 1 amide bonds. The molecule has 17 heavy (non-hydrogen) atoms. The molecule has 0 saturated carbocycles. The fraction of sp³-hybridized carbons (Fsp3) is 0.300. The number of primary amides is 1. The predicted molar refractivity (Wildman–Crippen MR) is 58.4 cm³/mol. The number of sulfone groups is 1. The number of hydrogen-bond donors (Lipinski definition) is 2. The molecule has 1 aromatic carbocycles. The van der Waals surface area contributed by atoms with E-state index in [1.807, 2.05) is 0 Å². The van der Waals surface area contributed by atoms with Gasteiger partial charge < -0.3 is 10.8 Å². The van der Waals surface area contributed by atoms with Crippen molar-refractivity contribution in [2.24, 2.45) is 5.73 Å². The normalized spacial score (nSPS) is 11.4. The Kier molecular flexibility index (Phi) is 4.19. The first-order chi connectivity index (χ1) is 7.86. The highest BCUT2D eigenvalue weighted by Crippen LogP contribution is 2.16. The molecule has 0 spiro atoms. The molecule has 5 nitrogen and oxygen atoms in total. The summed E-state index contributed by atoms with van der Waals surface area (Å²) in [4.78, 5) is 10.4. The lowest BCUT2D eigenvalue weighted by Crippen LogP contribution is -2.15. The number of nitrogens with two attached hydrogens (primary N) is 1. The van der Waals surface area contributed by atoms with E-state index in [2.05, 4.69) is 0 Å². The van der Waals surface area contributed by atoms with E-state index in [9.17, 15) is 17.6 Å². The predicted octanol–water partition coefficient (Wildman–Crippen LogP) is -0.380. The monoisotopic (exact) mass is 261 g/mol. The van der Waals surface area contributed by atoms with Crippen LogP contribution in [0, 0.1) is 5.82 Å². The van der Waals surface area contributed by atoms with Gasteiger partial charge in [0, 0.05) is 0 Å². The molecule has 1 rings (SSSR count). The summed E-state index contributed by atoms with van der Waals surface area (Å²) in [6.07, 6.45) is -0.286. The molecule has 94 valence electrons. The number of aliphatic hydroxyl groups is 1. The molecule has 0 heterocycles. The van der Waals surface area contributed by atoms with Crippen LogP contribution in [0.1, 0.15) is 5.56 Å². The first-order valence-electron chi connectivity index (χ1n) is 4.77. The Morgan fingerprint density at radius 3 is 2.53 bits per heavy atom. The van der Waals surface area contributed by atoms with Crippen LogP contribution in [0.4, 0.5) is 4.39 Å². The molecule has 0 saturated heterocycles. The Hall–Kier alpha value is -1.47. The molecular weight excluding hydrogens is 249 g/mol. The zero-order valence-corrected chi connectivity index (χ0v) is 9.71. The standard InChI is InChI=1S/C10H12FNO4S/c11-9-6-8(17(15,16)4-3-13)2-1-7(9)5-10(12)14/h1-2,6,13H,3-5H2,(H2,12,14). The first-order valence-corrected chi connectivity index (χ1v) is 6.42. The number of benzene rings is 1. The van der Waals surface area contributed by atoms with E-state index in [4.69, 9.17) is 10.8 Å². The average molecular weight is 261 g/mol. The smallest absolute Gasteiger partial charge is 0.221 e. The van der Waals surface area contributed by atoms with Crippen molar-refractivity contribution in [2.45, 2.75) is 11.3 Å². The minimum atomic E-state index is -3.68. The molecule has 0 unspecified atom stereocenters. The number of rotatable bonds is 5. The lowest BCUT2D eigenvalue weighted by molar-refractivity contribution is -0.117. The van der Waals surface area contributed by atoms with Crippen LogP contribution in [0.2, 0.25) is 0 Å². The fourth-order valence-corrected chi connectivity index (χ4v) is 2.33. The number of carbonyl (C=O) groups excluding carboxylic acids is 1. The van der Waals surface area contributed by atoms with Crippen molar-refractivity contribution in [3.8, 4) is 0 Å². The van der Waals surface area contributed by atoms with Gasteiger partial charge in [-0.05, 0) is 17.7 Å². The Bertz CT molecular complexity index is 527. The van der Waals surface area contributed by atoms with Crippen LogP contribution in [0.3, 0.4) is 0 Å². The Morgan fingerprint density at radius 1 is 1.41 bits per heavy atom. The van der Waals surface area contributed by atoms with Crippen LogP contribution < -0.4 is 5.73 Å². The molecule has 0 bridgehead atoms. The second kappa shape index (κ2) is 5.24. The molecule has 0 atom stereocenters. The minimum absolute atomic E-state index is 0.0421. The summed E-state index contributed by atoms with van der Waals surface area (Å²) in [5.41, 5.74) is 4.95. The van der Waals surface area contributed by atoms with Gasteiger partial charge in [0.15, 0.2) is 9.84 Å². The van der Waals surface area contributed by atoms with Gasteiger partial charge in [-0.2, -0.15) is 0 Å². The largest absolute Gasteiger partial charge is 0.395 e. The van der Waals surface area contributed by atoms with Crippen LogP contribution in [0.15, 0.2) is 23.1 Å². The molecule has 0 aromatic heterocycles. The van der Waals surface area contributed by atoms with Crippen LogP contribution in [0.5, 0.6) is 0 Å². The third-order valence-corrected chi connectivity index (χ3v) is 3.80. The Morgan fingerprint density at radius 2 is 2.06 bits per heavy atom. The van der Waals surface area contributed by atoms with Gasteiger partial charge >= 0.3 is 0 Å². The van der Waals surface area contributed by atoms with Gasteiger partial charge in [0.05, 0.1) is 23.7 Å². The van der Waals surface area contributed by atoms with Gasteiger partial charge in [-0.3, -0.25) is 4.79 Å². The van der Waals surface area contributed by atoms with Gasteiger partial charge in [0.1, 0.15) is 5.82 Å². The molecule has 0 aliphatic rings. The van der Waals surface area contributed by atoms with E-state index < -0.39 is 33.9 Å². The van der Waals surface area contributed by atoms with E-state index in [-0.39, 0.29) is 16.9 Å². The van der Waals surface area contributed by atoms with E-state index >= 15 is 0 Å². The highest BCUT2D eigenvalue weighted by molar-refractivity contribution is 7.91. The fourth-order valence-electron chi connectivity index (χ4n) is 1.29. The first kappa shape index (κ1) is 13.6. The summed E-state index contributed by atoms with van der Waals surface area (Å²) >= 11 is 0. The van der Waals surface area contributed by atoms with Crippen LogP contribution in [0.25, 0.3) is 0 Å². The number of amides is 1. The number of carbonyl (C=O) groups is 1. The van der Waals surface area contributed by atoms with Crippen molar-refractivity contribution in [3.05, 3.63) is 29.6 Å². The molecule has 7 heteroatoms. The SMILES string of the molecule is NC(=O)Cc1ccc(S(=O)(=O)CCO)cc1F. The summed E-state index contributed by atoms with van der Waals surface area (Å²) in [5, 5.41) is 8.57. The van der Waals surface area contributed by atoms with Crippen LogP contribution in [-0.2, 0) is 21.1 Å². The van der Waals surface area contributed by atoms with Gasteiger partial charge in [-0.1, -0.05) is 6.07 Å². The number of halogens is 1. The highest BCUT2D eigenvalue weighted by Gasteiger charge is 2.16. The molecule has 0 aliphatic carbocycles.